The van der Waals surface area contributed by atoms with E-state index in [9.17, 15) is 0 Å². The molecule has 1 aromatic rings. The van der Waals surface area contributed by atoms with Gasteiger partial charge in [0, 0.05) is 26.2 Å². The number of hydrogen-bond acceptors (Lipinski definition) is 5. The van der Waals surface area contributed by atoms with Crippen molar-refractivity contribution in [3.05, 3.63) is 29.8 Å². The van der Waals surface area contributed by atoms with Crippen LogP contribution in [0.15, 0.2) is 29.4 Å². The van der Waals surface area contributed by atoms with Crippen LogP contribution < -0.4 is 15.5 Å². The second-order valence-corrected chi connectivity index (χ2v) is 6.77. The van der Waals surface area contributed by atoms with Gasteiger partial charge in [-0.15, -0.1) is 0 Å². The molecule has 0 atom stereocenters. The van der Waals surface area contributed by atoms with Crippen LogP contribution in [0.2, 0.25) is 0 Å². The molecule has 0 bridgehead atoms. The third-order valence-corrected chi connectivity index (χ3v) is 3.87. The highest BCUT2D eigenvalue weighted by atomic mass is 32.1. The predicted molar refractivity (Wildman–Crippen MR) is 105 cm³/mol. The number of nitrogens with one attached hydrogen (secondary N) is 2. The lowest BCUT2D eigenvalue weighted by molar-refractivity contribution is 0.0389. The van der Waals surface area contributed by atoms with Crippen molar-refractivity contribution in [3.8, 4) is 5.75 Å². The molecule has 1 aliphatic rings. The average Bonchev–Trinajstić information content (AvgIpc) is 2.61. The Morgan fingerprint density at radius 2 is 2.20 bits per heavy atom. The van der Waals surface area contributed by atoms with E-state index in [2.05, 4.69) is 34.6 Å². The van der Waals surface area contributed by atoms with Crippen LogP contribution in [0.1, 0.15) is 19.4 Å². The van der Waals surface area contributed by atoms with Gasteiger partial charge in [-0.25, -0.2) is 0 Å². The first-order chi connectivity index (χ1) is 12.1. The van der Waals surface area contributed by atoms with Crippen molar-refractivity contribution in [1.82, 2.24) is 15.6 Å². The van der Waals surface area contributed by atoms with Gasteiger partial charge in [0.25, 0.3) is 0 Å². The monoisotopic (exact) mass is 364 g/mol. The quantitative estimate of drug-likeness (QED) is 0.417. The highest BCUT2D eigenvalue weighted by Crippen LogP contribution is 2.13. The molecule has 7 heteroatoms. The second-order valence-electron chi connectivity index (χ2n) is 6.36. The van der Waals surface area contributed by atoms with Gasteiger partial charge < -0.3 is 14.8 Å². The largest absolute Gasteiger partial charge is 0.493 e. The molecule has 2 N–H and O–H groups in total. The lowest BCUT2D eigenvalue weighted by atomic mass is 10.2. The molecule has 1 heterocycles. The van der Waals surface area contributed by atoms with Gasteiger partial charge in [-0.05, 0) is 35.8 Å². The van der Waals surface area contributed by atoms with Crippen LogP contribution in [0.5, 0.6) is 5.75 Å². The number of hydrazone groups is 1. The van der Waals surface area contributed by atoms with Crippen molar-refractivity contribution < 1.29 is 9.47 Å². The fraction of sp³-hybridized carbons (Fsp3) is 0.556. The molecular formula is C18H28N4O2S. The topological polar surface area (TPSA) is 58.1 Å². The van der Waals surface area contributed by atoms with Gasteiger partial charge in [0.1, 0.15) is 5.75 Å². The van der Waals surface area contributed by atoms with Crippen LogP contribution in [0.4, 0.5) is 0 Å². The number of nitrogens with zero attached hydrogens (tertiary/aromatic N) is 2. The summed E-state index contributed by atoms with van der Waals surface area (Å²) in [6.07, 6.45) is 1.73. The molecular weight excluding hydrogens is 336 g/mol. The summed E-state index contributed by atoms with van der Waals surface area (Å²) < 4.78 is 11.0. The summed E-state index contributed by atoms with van der Waals surface area (Å²) in [5.41, 5.74) is 3.81. The molecule has 25 heavy (non-hydrogen) atoms. The Morgan fingerprint density at radius 1 is 1.40 bits per heavy atom. The van der Waals surface area contributed by atoms with Gasteiger partial charge in [0.05, 0.1) is 26.0 Å². The third kappa shape index (κ3) is 8.29. The van der Waals surface area contributed by atoms with E-state index >= 15 is 0 Å². The van der Waals surface area contributed by atoms with Crippen LogP contribution >= 0.6 is 12.2 Å². The minimum absolute atomic E-state index is 0.500. The zero-order valence-corrected chi connectivity index (χ0v) is 15.8. The zero-order chi connectivity index (χ0) is 17.9. The van der Waals surface area contributed by atoms with E-state index in [1.165, 1.54) is 0 Å². The van der Waals surface area contributed by atoms with E-state index in [4.69, 9.17) is 21.7 Å². The summed E-state index contributed by atoms with van der Waals surface area (Å²) in [5.74, 6) is 1.35. The normalized spacial score (nSPS) is 15.5. The van der Waals surface area contributed by atoms with Gasteiger partial charge in [-0.1, -0.05) is 26.0 Å². The smallest absolute Gasteiger partial charge is 0.187 e. The van der Waals surface area contributed by atoms with E-state index < -0.39 is 0 Å². The first-order valence-electron chi connectivity index (χ1n) is 8.73. The minimum atomic E-state index is 0.500. The van der Waals surface area contributed by atoms with Gasteiger partial charge in [0.2, 0.25) is 0 Å². The number of thiocarbonyl (C=S) groups is 1. The maximum absolute atomic E-state index is 5.71. The highest BCUT2D eigenvalue weighted by molar-refractivity contribution is 7.80. The summed E-state index contributed by atoms with van der Waals surface area (Å²) in [7, 11) is 0. The van der Waals surface area contributed by atoms with E-state index in [0.717, 1.165) is 50.7 Å². The van der Waals surface area contributed by atoms with E-state index in [1.54, 1.807) is 6.21 Å². The predicted octanol–water partition coefficient (Wildman–Crippen LogP) is 1.85. The molecule has 1 saturated heterocycles. The van der Waals surface area contributed by atoms with Gasteiger partial charge in [-0.2, -0.15) is 5.10 Å². The molecule has 6 nitrogen and oxygen atoms in total. The van der Waals surface area contributed by atoms with Crippen molar-refractivity contribution in [3.63, 3.8) is 0 Å². The van der Waals surface area contributed by atoms with Crippen LogP contribution in [0, 0.1) is 5.92 Å². The Bertz CT molecular complexity index is 560. The Labute approximate surface area is 155 Å². The molecule has 0 amide bonds. The Balaban J connectivity index is 1.67. The lowest BCUT2D eigenvalue weighted by Gasteiger charge is -2.26. The number of hydrogen-bond donors (Lipinski definition) is 2. The maximum Gasteiger partial charge on any atom is 0.187 e. The Morgan fingerprint density at radius 3 is 2.96 bits per heavy atom. The first kappa shape index (κ1) is 19.6. The molecule has 1 fully saturated rings. The van der Waals surface area contributed by atoms with Crippen molar-refractivity contribution >= 4 is 23.5 Å². The van der Waals surface area contributed by atoms with Crippen LogP contribution in [0.3, 0.4) is 0 Å². The summed E-state index contributed by atoms with van der Waals surface area (Å²) >= 11 is 5.23. The van der Waals surface area contributed by atoms with Crippen molar-refractivity contribution in [2.24, 2.45) is 11.0 Å². The summed E-state index contributed by atoms with van der Waals surface area (Å²) in [5, 5.41) is 7.86. The van der Waals surface area contributed by atoms with Crippen molar-refractivity contribution in [2.45, 2.75) is 13.8 Å². The zero-order valence-electron chi connectivity index (χ0n) is 15.0. The molecule has 2 rings (SSSR count). The van der Waals surface area contributed by atoms with Crippen LogP contribution in [-0.2, 0) is 4.74 Å². The van der Waals surface area contributed by atoms with E-state index in [0.29, 0.717) is 17.6 Å². The van der Waals surface area contributed by atoms with Gasteiger partial charge >= 0.3 is 0 Å². The highest BCUT2D eigenvalue weighted by Gasteiger charge is 2.09. The average molecular weight is 365 g/mol. The molecule has 0 saturated carbocycles. The number of benzene rings is 1. The second kappa shape index (κ2) is 11.0. The lowest BCUT2D eigenvalue weighted by Crippen LogP contribution is -2.42. The van der Waals surface area contributed by atoms with Crippen molar-refractivity contribution in [1.29, 1.82) is 0 Å². The fourth-order valence-corrected chi connectivity index (χ4v) is 2.46. The number of rotatable bonds is 8. The Kier molecular flexibility index (Phi) is 8.65. The Hall–Kier alpha value is -1.70. The van der Waals surface area contributed by atoms with E-state index in [1.807, 2.05) is 24.3 Å². The third-order valence-electron chi connectivity index (χ3n) is 3.64. The van der Waals surface area contributed by atoms with Gasteiger partial charge in [0.15, 0.2) is 5.11 Å². The molecule has 1 aromatic carbocycles. The molecule has 0 aromatic heterocycles. The summed E-state index contributed by atoms with van der Waals surface area (Å²) in [4.78, 5) is 2.35. The maximum atomic E-state index is 5.71. The van der Waals surface area contributed by atoms with Gasteiger partial charge in [-0.3, -0.25) is 10.3 Å². The molecule has 0 radical (unpaired) electrons. The molecule has 138 valence electrons. The van der Waals surface area contributed by atoms with Crippen LogP contribution in [-0.4, -0.2) is 62.2 Å². The van der Waals surface area contributed by atoms with Crippen LogP contribution in [0.25, 0.3) is 0 Å². The SMILES string of the molecule is CC(C)COc1cccc(/C=N/NC(=S)NCCN2CCOCC2)c1. The summed E-state index contributed by atoms with van der Waals surface area (Å²) in [6.45, 7) is 10.3. The summed E-state index contributed by atoms with van der Waals surface area (Å²) in [6, 6.07) is 7.84. The van der Waals surface area contributed by atoms with Crippen molar-refractivity contribution in [2.75, 3.05) is 46.0 Å². The van der Waals surface area contributed by atoms with E-state index in [-0.39, 0.29) is 0 Å². The number of ether oxygens (including phenoxy) is 2. The minimum Gasteiger partial charge on any atom is -0.493 e. The number of morpholine rings is 1. The standard InChI is InChI=1S/C18H28N4O2S/c1-15(2)14-24-17-5-3-4-16(12-17)13-20-21-18(25)19-6-7-22-8-10-23-11-9-22/h3-5,12-13,15H,6-11,14H2,1-2H3,(H2,19,21,25)/b20-13+. The molecule has 1 aliphatic heterocycles. The molecule has 0 unspecified atom stereocenters. The molecule has 0 spiro atoms. The first-order valence-corrected chi connectivity index (χ1v) is 9.14. The fourth-order valence-electron chi connectivity index (χ4n) is 2.30. The molecule has 0 aliphatic carbocycles.